The minimum Gasteiger partial charge on any atom is -0.465 e. The molecule has 0 radical (unpaired) electrons. The molecule has 0 bridgehead atoms. The Morgan fingerprint density at radius 1 is 1.38 bits per heavy atom. The summed E-state index contributed by atoms with van der Waals surface area (Å²) in [6.07, 6.45) is 4.58. The van der Waals surface area contributed by atoms with Crippen LogP contribution in [0.5, 0.6) is 0 Å². The van der Waals surface area contributed by atoms with Crippen LogP contribution < -0.4 is 5.32 Å². The number of aliphatic hydroxyl groups excluding tert-OH is 1. The maximum absolute atomic E-state index is 10.4. The molecule has 0 spiro atoms. The highest BCUT2D eigenvalue weighted by molar-refractivity contribution is 5.64. The van der Waals surface area contributed by atoms with E-state index in [1.54, 1.807) is 0 Å². The van der Waals surface area contributed by atoms with Crippen LogP contribution in [0.25, 0.3) is 0 Å². The van der Waals surface area contributed by atoms with Crippen molar-refractivity contribution in [3.63, 3.8) is 0 Å². The molecule has 4 heteroatoms. The molecule has 0 saturated heterocycles. The van der Waals surface area contributed by atoms with Crippen molar-refractivity contribution in [2.75, 3.05) is 6.61 Å². The molecule has 76 valence electrons. The van der Waals surface area contributed by atoms with Gasteiger partial charge in [-0.1, -0.05) is 19.3 Å². The van der Waals surface area contributed by atoms with Crippen molar-refractivity contribution in [2.45, 2.75) is 38.1 Å². The topological polar surface area (TPSA) is 69.6 Å². The van der Waals surface area contributed by atoms with Crippen molar-refractivity contribution in [1.82, 2.24) is 5.32 Å². The quantitative estimate of drug-likeness (QED) is 0.621. The van der Waals surface area contributed by atoms with Crippen LogP contribution in [0.15, 0.2) is 0 Å². The van der Waals surface area contributed by atoms with Gasteiger partial charge < -0.3 is 15.5 Å². The highest BCUT2D eigenvalue weighted by atomic mass is 16.4. The minimum atomic E-state index is -1.04. The van der Waals surface area contributed by atoms with Gasteiger partial charge in [-0.15, -0.1) is 0 Å². The van der Waals surface area contributed by atoms with E-state index in [-0.39, 0.29) is 12.6 Å². The number of amides is 1. The lowest BCUT2D eigenvalue weighted by atomic mass is 9.84. The summed E-state index contributed by atoms with van der Waals surface area (Å²) in [4.78, 5) is 10.4. The van der Waals surface area contributed by atoms with Gasteiger partial charge in [-0.2, -0.15) is 0 Å². The predicted molar refractivity (Wildman–Crippen MR) is 48.6 cm³/mol. The molecule has 0 aromatic carbocycles. The lowest BCUT2D eigenvalue weighted by molar-refractivity contribution is 0.148. The third-order valence-electron chi connectivity index (χ3n) is 2.72. The van der Waals surface area contributed by atoms with E-state index in [1.165, 1.54) is 6.42 Å². The number of carboxylic acid groups (broad SMARTS) is 1. The summed E-state index contributed by atoms with van der Waals surface area (Å²) in [5.41, 5.74) is 0. The highest BCUT2D eigenvalue weighted by Gasteiger charge is 2.23. The summed E-state index contributed by atoms with van der Waals surface area (Å²) in [7, 11) is 0. The monoisotopic (exact) mass is 187 g/mol. The number of hydrogen-bond acceptors (Lipinski definition) is 2. The van der Waals surface area contributed by atoms with E-state index in [4.69, 9.17) is 10.2 Å². The van der Waals surface area contributed by atoms with E-state index in [1.807, 2.05) is 0 Å². The zero-order valence-electron chi connectivity index (χ0n) is 7.70. The average Bonchev–Trinajstić information content (AvgIpc) is 2.15. The molecule has 0 unspecified atom stereocenters. The normalized spacial score (nSPS) is 21.0. The summed E-state index contributed by atoms with van der Waals surface area (Å²) in [6.45, 7) is -0.0863. The van der Waals surface area contributed by atoms with Crippen LogP contribution in [-0.4, -0.2) is 29.0 Å². The zero-order chi connectivity index (χ0) is 9.68. The van der Waals surface area contributed by atoms with Crippen LogP contribution in [0.2, 0.25) is 0 Å². The molecule has 1 rings (SSSR count). The van der Waals surface area contributed by atoms with E-state index >= 15 is 0 Å². The first-order valence-corrected chi connectivity index (χ1v) is 4.84. The van der Waals surface area contributed by atoms with Crippen molar-refractivity contribution in [2.24, 2.45) is 5.92 Å². The molecular weight excluding hydrogens is 170 g/mol. The summed E-state index contributed by atoms with van der Waals surface area (Å²) in [5, 5.41) is 19.9. The van der Waals surface area contributed by atoms with Gasteiger partial charge in [0.1, 0.15) is 0 Å². The Bertz CT molecular complexity index is 166. The second-order valence-electron chi connectivity index (χ2n) is 3.64. The van der Waals surface area contributed by atoms with Crippen molar-refractivity contribution >= 4 is 6.09 Å². The van der Waals surface area contributed by atoms with E-state index in [0.29, 0.717) is 5.92 Å². The molecule has 0 aromatic heterocycles. The summed E-state index contributed by atoms with van der Waals surface area (Å²) in [5.74, 6) is 0.329. The molecule has 1 fully saturated rings. The lowest BCUT2D eigenvalue weighted by Gasteiger charge is -2.28. The second-order valence-corrected chi connectivity index (χ2v) is 3.64. The molecule has 1 amide bonds. The van der Waals surface area contributed by atoms with Gasteiger partial charge in [-0.25, -0.2) is 4.79 Å². The van der Waals surface area contributed by atoms with Gasteiger partial charge in [0, 0.05) is 0 Å². The summed E-state index contributed by atoms with van der Waals surface area (Å²) >= 11 is 0. The van der Waals surface area contributed by atoms with E-state index < -0.39 is 6.09 Å². The van der Waals surface area contributed by atoms with Gasteiger partial charge >= 0.3 is 6.09 Å². The minimum absolute atomic E-state index is 0.0863. The van der Waals surface area contributed by atoms with Crippen LogP contribution in [0, 0.1) is 5.92 Å². The molecule has 0 heterocycles. The first-order valence-electron chi connectivity index (χ1n) is 4.84. The van der Waals surface area contributed by atoms with Crippen LogP contribution >= 0.6 is 0 Å². The third-order valence-corrected chi connectivity index (χ3v) is 2.72. The second kappa shape index (κ2) is 5.07. The molecule has 0 aliphatic heterocycles. The number of nitrogens with one attached hydrogen (secondary N) is 1. The van der Waals surface area contributed by atoms with E-state index in [2.05, 4.69) is 5.32 Å². The molecule has 1 atom stereocenters. The van der Waals surface area contributed by atoms with Gasteiger partial charge in [0.2, 0.25) is 0 Å². The molecule has 13 heavy (non-hydrogen) atoms. The van der Waals surface area contributed by atoms with Gasteiger partial charge in [0.15, 0.2) is 0 Å². The standard InChI is InChI=1S/C9H17NO3/c11-6-8(10-9(12)13)7-4-2-1-3-5-7/h7-8,10-11H,1-6H2,(H,12,13)/t8-/m0/s1. The number of aliphatic hydroxyl groups is 1. The summed E-state index contributed by atoms with van der Waals surface area (Å²) < 4.78 is 0. The smallest absolute Gasteiger partial charge is 0.404 e. The van der Waals surface area contributed by atoms with Gasteiger partial charge in [-0.3, -0.25) is 0 Å². The largest absolute Gasteiger partial charge is 0.465 e. The molecule has 0 aromatic rings. The maximum Gasteiger partial charge on any atom is 0.404 e. The Morgan fingerprint density at radius 3 is 2.46 bits per heavy atom. The zero-order valence-corrected chi connectivity index (χ0v) is 7.70. The first-order chi connectivity index (χ1) is 6.24. The van der Waals surface area contributed by atoms with E-state index in [9.17, 15) is 4.79 Å². The lowest BCUT2D eigenvalue weighted by Crippen LogP contribution is -2.42. The average molecular weight is 187 g/mol. The Balaban J connectivity index is 2.39. The van der Waals surface area contributed by atoms with Gasteiger partial charge in [0.25, 0.3) is 0 Å². The fourth-order valence-electron chi connectivity index (χ4n) is 2.01. The Hall–Kier alpha value is -0.770. The number of rotatable bonds is 3. The summed E-state index contributed by atoms with van der Waals surface area (Å²) in [6, 6.07) is -0.266. The van der Waals surface area contributed by atoms with E-state index in [0.717, 1.165) is 25.7 Å². The van der Waals surface area contributed by atoms with Crippen molar-refractivity contribution in [1.29, 1.82) is 0 Å². The molecule has 1 saturated carbocycles. The maximum atomic E-state index is 10.4. The molecular formula is C9H17NO3. The molecule has 1 aliphatic carbocycles. The third kappa shape index (κ3) is 3.22. The number of carbonyl (C=O) groups is 1. The highest BCUT2D eigenvalue weighted by Crippen LogP contribution is 2.26. The SMILES string of the molecule is O=C(O)N[C@@H](CO)C1CCCCC1. The van der Waals surface area contributed by atoms with Gasteiger partial charge in [0.05, 0.1) is 12.6 Å². The molecule has 3 N–H and O–H groups in total. The fraction of sp³-hybridized carbons (Fsp3) is 0.889. The van der Waals surface area contributed by atoms with Crippen LogP contribution in [-0.2, 0) is 0 Å². The first kappa shape index (κ1) is 10.3. The predicted octanol–water partition coefficient (Wildman–Crippen LogP) is 1.20. The fourth-order valence-corrected chi connectivity index (χ4v) is 2.01. The molecule has 4 nitrogen and oxygen atoms in total. The van der Waals surface area contributed by atoms with Crippen LogP contribution in [0.4, 0.5) is 4.79 Å². The van der Waals surface area contributed by atoms with Crippen molar-refractivity contribution < 1.29 is 15.0 Å². The Kier molecular flexibility index (Phi) is 4.02. The number of hydrogen-bond donors (Lipinski definition) is 3. The van der Waals surface area contributed by atoms with Gasteiger partial charge in [-0.05, 0) is 18.8 Å². The Morgan fingerprint density at radius 2 is 2.00 bits per heavy atom. The van der Waals surface area contributed by atoms with Crippen LogP contribution in [0.1, 0.15) is 32.1 Å². The van der Waals surface area contributed by atoms with Crippen LogP contribution in [0.3, 0.4) is 0 Å². The molecule has 1 aliphatic rings. The Labute approximate surface area is 78.0 Å². The van der Waals surface area contributed by atoms with Crippen molar-refractivity contribution in [3.05, 3.63) is 0 Å². The van der Waals surface area contributed by atoms with Crippen molar-refractivity contribution in [3.8, 4) is 0 Å².